The van der Waals surface area contributed by atoms with Crippen LogP contribution in [0, 0.1) is 0 Å². The average molecular weight is 381 g/mol. The zero-order valence-corrected chi connectivity index (χ0v) is 14.4. The first-order chi connectivity index (χ1) is 11.7. The maximum absolute atomic E-state index is 4.51. The Kier molecular flexibility index (Phi) is 3.70. The molecule has 7 heteroatoms. The van der Waals surface area contributed by atoms with Crippen LogP contribution in [0.15, 0.2) is 64.4 Å². The third kappa shape index (κ3) is 2.63. The fourth-order valence-electron chi connectivity index (χ4n) is 2.50. The minimum absolute atomic E-state index is 0.661. The number of benzene rings is 2. The topological polar surface area (TPSA) is 67.5 Å². The first-order valence-corrected chi connectivity index (χ1v) is 8.17. The standard InChI is InChI=1S/C17H13BrN6/c1-11(12-6-8-13(18)9-7-12)20-21-16-14-4-2-3-5-15(14)17-22-19-10-24(17)23-16/h2-10H,1H3,(H,21,23). The molecule has 118 valence electrons. The van der Waals surface area contributed by atoms with Crippen molar-refractivity contribution >= 4 is 43.9 Å². The predicted octanol–water partition coefficient (Wildman–Crippen LogP) is 3.88. The van der Waals surface area contributed by atoms with Gasteiger partial charge in [-0.3, -0.25) is 5.43 Å². The quantitative estimate of drug-likeness (QED) is 0.432. The van der Waals surface area contributed by atoms with Gasteiger partial charge in [-0.2, -0.15) is 9.62 Å². The normalized spacial score (nSPS) is 12.0. The summed E-state index contributed by atoms with van der Waals surface area (Å²) in [7, 11) is 0. The molecule has 0 aliphatic rings. The van der Waals surface area contributed by atoms with Gasteiger partial charge in [-0.25, -0.2) is 0 Å². The van der Waals surface area contributed by atoms with Crippen molar-refractivity contribution < 1.29 is 0 Å². The number of rotatable bonds is 3. The molecule has 6 nitrogen and oxygen atoms in total. The predicted molar refractivity (Wildman–Crippen MR) is 98.3 cm³/mol. The number of fused-ring (bicyclic) bond motifs is 3. The molecule has 24 heavy (non-hydrogen) atoms. The van der Waals surface area contributed by atoms with Crippen LogP contribution >= 0.6 is 15.9 Å². The van der Waals surface area contributed by atoms with Crippen LogP contribution in [0.2, 0.25) is 0 Å². The molecule has 0 aliphatic carbocycles. The molecule has 2 aromatic carbocycles. The Labute approximate surface area is 146 Å². The second-order valence-corrected chi connectivity index (χ2v) is 6.22. The molecule has 0 atom stereocenters. The van der Waals surface area contributed by atoms with E-state index < -0.39 is 0 Å². The summed E-state index contributed by atoms with van der Waals surface area (Å²) in [5.74, 6) is 0.661. The maximum Gasteiger partial charge on any atom is 0.185 e. The number of hydrogen-bond donors (Lipinski definition) is 1. The highest BCUT2D eigenvalue weighted by molar-refractivity contribution is 9.10. The third-order valence-electron chi connectivity index (χ3n) is 3.75. The molecule has 2 heterocycles. The van der Waals surface area contributed by atoms with Crippen molar-refractivity contribution in [3.05, 3.63) is 64.9 Å². The fraction of sp³-hybridized carbons (Fsp3) is 0.0588. The molecular weight excluding hydrogens is 368 g/mol. The molecule has 0 fully saturated rings. The SMILES string of the molecule is CC(=NNc1nn2cnnc2c2ccccc12)c1ccc(Br)cc1. The molecule has 2 aromatic heterocycles. The second kappa shape index (κ2) is 6.01. The van der Waals surface area contributed by atoms with Crippen LogP contribution in [-0.4, -0.2) is 25.5 Å². The number of aromatic nitrogens is 4. The van der Waals surface area contributed by atoms with Crippen LogP contribution in [0.1, 0.15) is 12.5 Å². The Morgan fingerprint density at radius 2 is 1.83 bits per heavy atom. The Morgan fingerprint density at radius 3 is 2.62 bits per heavy atom. The summed E-state index contributed by atoms with van der Waals surface area (Å²) in [5, 5.41) is 19.0. The lowest BCUT2D eigenvalue weighted by molar-refractivity contribution is 0.934. The Balaban J connectivity index is 1.75. The van der Waals surface area contributed by atoms with E-state index in [0.29, 0.717) is 5.82 Å². The van der Waals surface area contributed by atoms with Crippen molar-refractivity contribution in [3.8, 4) is 0 Å². The summed E-state index contributed by atoms with van der Waals surface area (Å²) in [6.45, 7) is 1.95. The zero-order valence-electron chi connectivity index (χ0n) is 12.8. The van der Waals surface area contributed by atoms with Gasteiger partial charge in [0.2, 0.25) is 0 Å². The number of nitrogens with zero attached hydrogens (tertiary/aromatic N) is 5. The number of nitrogens with one attached hydrogen (secondary N) is 1. The highest BCUT2D eigenvalue weighted by Crippen LogP contribution is 2.24. The number of hydrazone groups is 1. The molecule has 0 saturated carbocycles. The van der Waals surface area contributed by atoms with Crippen molar-refractivity contribution in [1.82, 2.24) is 19.8 Å². The van der Waals surface area contributed by atoms with Gasteiger partial charge in [0.1, 0.15) is 6.33 Å². The van der Waals surface area contributed by atoms with E-state index in [1.807, 2.05) is 55.5 Å². The summed E-state index contributed by atoms with van der Waals surface area (Å²) in [5.41, 5.74) is 5.71. The highest BCUT2D eigenvalue weighted by atomic mass is 79.9. The van der Waals surface area contributed by atoms with E-state index in [1.165, 1.54) is 0 Å². The van der Waals surface area contributed by atoms with Gasteiger partial charge in [-0.15, -0.1) is 15.3 Å². The maximum atomic E-state index is 4.51. The van der Waals surface area contributed by atoms with Crippen LogP contribution in [-0.2, 0) is 0 Å². The number of halogens is 1. The fourth-order valence-corrected chi connectivity index (χ4v) is 2.77. The molecule has 0 bridgehead atoms. The van der Waals surface area contributed by atoms with Crippen LogP contribution in [0.3, 0.4) is 0 Å². The van der Waals surface area contributed by atoms with Crippen LogP contribution in [0.5, 0.6) is 0 Å². The highest BCUT2D eigenvalue weighted by Gasteiger charge is 2.09. The average Bonchev–Trinajstić information content (AvgIpc) is 3.08. The minimum Gasteiger partial charge on any atom is -0.259 e. The van der Waals surface area contributed by atoms with Gasteiger partial charge in [0.25, 0.3) is 0 Å². The number of anilines is 1. The molecule has 4 rings (SSSR count). The van der Waals surface area contributed by atoms with Gasteiger partial charge in [0.05, 0.1) is 5.71 Å². The van der Waals surface area contributed by atoms with Crippen molar-refractivity contribution in [1.29, 1.82) is 0 Å². The van der Waals surface area contributed by atoms with Crippen molar-refractivity contribution in [2.24, 2.45) is 5.10 Å². The molecule has 4 aromatic rings. The van der Waals surface area contributed by atoms with Crippen molar-refractivity contribution in [3.63, 3.8) is 0 Å². The van der Waals surface area contributed by atoms with Crippen LogP contribution in [0.25, 0.3) is 16.4 Å². The van der Waals surface area contributed by atoms with E-state index >= 15 is 0 Å². The monoisotopic (exact) mass is 380 g/mol. The Hall–Kier alpha value is -2.80. The van der Waals surface area contributed by atoms with Crippen molar-refractivity contribution in [2.75, 3.05) is 5.43 Å². The molecular formula is C17H13BrN6. The summed E-state index contributed by atoms with van der Waals surface area (Å²) >= 11 is 3.44. The van der Waals surface area contributed by atoms with Crippen LogP contribution < -0.4 is 5.43 Å². The van der Waals surface area contributed by atoms with E-state index in [4.69, 9.17) is 0 Å². The van der Waals surface area contributed by atoms with E-state index in [-0.39, 0.29) is 0 Å². The zero-order chi connectivity index (χ0) is 16.5. The molecule has 0 aliphatic heterocycles. The van der Waals surface area contributed by atoms with Gasteiger partial charge < -0.3 is 0 Å². The largest absolute Gasteiger partial charge is 0.259 e. The van der Waals surface area contributed by atoms with E-state index in [0.717, 1.165) is 32.2 Å². The van der Waals surface area contributed by atoms with Gasteiger partial charge in [-0.05, 0) is 24.6 Å². The lowest BCUT2D eigenvalue weighted by Crippen LogP contribution is -2.03. The lowest BCUT2D eigenvalue weighted by atomic mass is 10.1. The molecule has 0 saturated heterocycles. The molecule has 0 radical (unpaired) electrons. The molecule has 0 amide bonds. The summed E-state index contributed by atoms with van der Waals surface area (Å²) < 4.78 is 2.69. The first kappa shape index (κ1) is 14.8. The van der Waals surface area contributed by atoms with Gasteiger partial charge in [-0.1, -0.05) is 52.3 Å². The second-order valence-electron chi connectivity index (χ2n) is 5.31. The van der Waals surface area contributed by atoms with Gasteiger partial charge in [0.15, 0.2) is 11.5 Å². The van der Waals surface area contributed by atoms with E-state index in [1.54, 1.807) is 10.8 Å². The van der Waals surface area contributed by atoms with Gasteiger partial charge >= 0.3 is 0 Å². The Bertz CT molecular complexity index is 1050. The van der Waals surface area contributed by atoms with Crippen molar-refractivity contribution in [2.45, 2.75) is 6.92 Å². The van der Waals surface area contributed by atoms with Crippen LogP contribution in [0.4, 0.5) is 5.82 Å². The summed E-state index contributed by atoms with van der Waals surface area (Å²) in [6, 6.07) is 15.9. The smallest absolute Gasteiger partial charge is 0.185 e. The summed E-state index contributed by atoms with van der Waals surface area (Å²) in [4.78, 5) is 0. The Morgan fingerprint density at radius 1 is 1.08 bits per heavy atom. The first-order valence-electron chi connectivity index (χ1n) is 7.37. The lowest BCUT2D eigenvalue weighted by Gasteiger charge is -2.07. The summed E-state index contributed by atoms with van der Waals surface area (Å²) in [6.07, 6.45) is 1.58. The molecule has 0 unspecified atom stereocenters. The molecule has 0 spiro atoms. The molecule has 1 N–H and O–H groups in total. The van der Waals surface area contributed by atoms with E-state index in [9.17, 15) is 0 Å². The third-order valence-corrected chi connectivity index (χ3v) is 4.28. The van der Waals surface area contributed by atoms with E-state index in [2.05, 4.69) is 41.8 Å². The van der Waals surface area contributed by atoms with Gasteiger partial charge in [0, 0.05) is 15.2 Å². The minimum atomic E-state index is 0.661. The number of hydrogen-bond acceptors (Lipinski definition) is 5.